The number of halogens is 1. The van der Waals surface area contributed by atoms with Crippen molar-refractivity contribution < 1.29 is 23.5 Å². The monoisotopic (exact) mass is 486 g/mol. The SMILES string of the molecule is CC(C)(C)OC(=O)NC1CCC(Nc2ncc(F)c(-c3ccnc(N4CCCOC4=O)c3)n2)CC1. The quantitative estimate of drug-likeness (QED) is 0.643. The molecule has 1 saturated carbocycles. The van der Waals surface area contributed by atoms with Gasteiger partial charge in [-0.15, -0.1) is 0 Å². The molecule has 0 bridgehead atoms. The molecule has 188 valence electrons. The van der Waals surface area contributed by atoms with Gasteiger partial charge in [-0.2, -0.15) is 0 Å². The Morgan fingerprint density at radius 2 is 1.94 bits per heavy atom. The van der Waals surface area contributed by atoms with E-state index in [4.69, 9.17) is 9.47 Å². The molecule has 0 unspecified atom stereocenters. The minimum atomic E-state index is -0.570. The molecule has 2 N–H and O–H groups in total. The normalized spacial score (nSPS) is 20.7. The Balaban J connectivity index is 1.39. The molecule has 1 aliphatic carbocycles. The van der Waals surface area contributed by atoms with Gasteiger partial charge in [-0.1, -0.05) is 0 Å². The largest absolute Gasteiger partial charge is 0.449 e. The minimum Gasteiger partial charge on any atom is -0.449 e. The zero-order valence-electron chi connectivity index (χ0n) is 20.2. The number of aromatic nitrogens is 3. The predicted molar refractivity (Wildman–Crippen MR) is 128 cm³/mol. The van der Waals surface area contributed by atoms with Gasteiger partial charge in [0.25, 0.3) is 0 Å². The highest BCUT2D eigenvalue weighted by Crippen LogP contribution is 2.27. The smallest absolute Gasteiger partial charge is 0.415 e. The lowest BCUT2D eigenvalue weighted by Gasteiger charge is -2.30. The fourth-order valence-electron chi connectivity index (χ4n) is 4.15. The molecule has 11 heteroatoms. The molecule has 4 rings (SSSR count). The van der Waals surface area contributed by atoms with Crippen molar-refractivity contribution in [2.24, 2.45) is 0 Å². The van der Waals surface area contributed by atoms with Gasteiger partial charge >= 0.3 is 12.2 Å². The van der Waals surface area contributed by atoms with Gasteiger partial charge < -0.3 is 20.1 Å². The number of alkyl carbamates (subject to hydrolysis) is 1. The van der Waals surface area contributed by atoms with Gasteiger partial charge in [0.2, 0.25) is 5.95 Å². The van der Waals surface area contributed by atoms with E-state index in [2.05, 4.69) is 25.6 Å². The van der Waals surface area contributed by atoms with Gasteiger partial charge in [-0.05, 0) is 65.0 Å². The first-order valence-corrected chi connectivity index (χ1v) is 11.9. The molecule has 0 aromatic carbocycles. The lowest BCUT2D eigenvalue weighted by molar-refractivity contribution is 0.0492. The standard InChI is InChI=1S/C24H31FN6O4/c1-24(2,3)35-22(32)29-17-7-5-16(6-8-17)28-21-27-14-18(25)20(30-21)15-9-10-26-19(13-15)31-11-4-12-34-23(31)33/h9-10,13-14,16-17H,4-8,11-12H2,1-3H3,(H,29,32)(H,27,28,30). The number of carbonyl (C=O) groups excluding carboxylic acids is 2. The second-order valence-electron chi connectivity index (χ2n) is 9.75. The van der Waals surface area contributed by atoms with Crippen molar-refractivity contribution in [3.8, 4) is 11.3 Å². The molecule has 0 spiro atoms. The summed E-state index contributed by atoms with van der Waals surface area (Å²) in [4.78, 5) is 38.2. The Bertz CT molecular complexity index is 1070. The Labute approximate surface area is 203 Å². The zero-order chi connectivity index (χ0) is 25.0. The van der Waals surface area contributed by atoms with Crippen molar-refractivity contribution in [1.82, 2.24) is 20.3 Å². The molecule has 2 aromatic heterocycles. The third-order valence-electron chi connectivity index (χ3n) is 5.79. The summed E-state index contributed by atoms with van der Waals surface area (Å²) in [5, 5.41) is 6.20. The van der Waals surface area contributed by atoms with Gasteiger partial charge in [0.15, 0.2) is 5.82 Å². The summed E-state index contributed by atoms with van der Waals surface area (Å²) in [5.74, 6) is 0.135. The van der Waals surface area contributed by atoms with Crippen LogP contribution in [0.25, 0.3) is 11.3 Å². The fraction of sp³-hybridized carbons (Fsp3) is 0.542. The number of amides is 2. The molecule has 2 aliphatic rings. The average molecular weight is 487 g/mol. The molecule has 1 saturated heterocycles. The van der Waals surface area contributed by atoms with E-state index in [-0.39, 0.29) is 17.8 Å². The number of nitrogens with zero attached hydrogens (tertiary/aromatic N) is 4. The van der Waals surface area contributed by atoms with E-state index in [0.717, 1.165) is 31.9 Å². The Kier molecular flexibility index (Phi) is 7.32. The number of rotatable bonds is 5. The second-order valence-corrected chi connectivity index (χ2v) is 9.75. The van der Waals surface area contributed by atoms with Crippen LogP contribution in [0.4, 0.5) is 25.7 Å². The van der Waals surface area contributed by atoms with Crippen LogP contribution in [-0.4, -0.2) is 58.0 Å². The first kappa shape index (κ1) is 24.6. The van der Waals surface area contributed by atoms with Crippen molar-refractivity contribution >= 4 is 24.0 Å². The maximum atomic E-state index is 14.6. The molecular formula is C24H31FN6O4. The van der Waals surface area contributed by atoms with Crippen LogP contribution in [-0.2, 0) is 9.47 Å². The molecule has 3 heterocycles. The van der Waals surface area contributed by atoms with Gasteiger partial charge in [-0.3, -0.25) is 4.90 Å². The number of hydrogen-bond donors (Lipinski definition) is 2. The minimum absolute atomic E-state index is 0.0457. The van der Waals surface area contributed by atoms with E-state index in [9.17, 15) is 14.0 Å². The number of anilines is 2. The van der Waals surface area contributed by atoms with E-state index in [1.54, 1.807) is 12.1 Å². The van der Waals surface area contributed by atoms with Crippen molar-refractivity contribution in [3.05, 3.63) is 30.3 Å². The third-order valence-corrected chi connectivity index (χ3v) is 5.79. The van der Waals surface area contributed by atoms with Crippen LogP contribution in [0.1, 0.15) is 52.9 Å². The summed E-state index contributed by atoms with van der Waals surface area (Å²) in [6, 6.07) is 3.40. The lowest BCUT2D eigenvalue weighted by Crippen LogP contribution is -2.42. The molecule has 1 aliphatic heterocycles. The zero-order valence-corrected chi connectivity index (χ0v) is 20.2. The molecule has 35 heavy (non-hydrogen) atoms. The number of ether oxygens (including phenoxy) is 2. The van der Waals surface area contributed by atoms with Crippen LogP contribution in [0.3, 0.4) is 0 Å². The molecule has 10 nitrogen and oxygen atoms in total. The summed E-state index contributed by atoms with van der Waals surface area (Å²) < 4.78 is 25.0. The predicted octanol–water partition coefficient (Wildman–Crippen LogP) is 4.27. The highest BCUT2D eigenvalue weighted by molar-refractivity contribution is 5.87. The molecule has 0 atom stereocenters. The second kappa shape index (κ2) is 10.4. The van der Waals surface area contributed by atoms with E-state index >= 15 is 0 Å². The van der Waals surface area contributed by atoms with Gasteiger partial charge in [-0.25, -0.2) is 28.9 Å². The van der Waals surface area contributed by atoms with Crippen molar-refractivity contribution in [3.63, 3.8) is 0 Å². The fourth-order valence-corrected chi connectivity index (χ4v) is 4.15. The van der Waals surface area contributed by atoms with Crippen molar-refractivity contribution in [1.29, 1.82) is 0 Å². The topological polar surface area (TPSA) is 119 Å². The van der Waals surface area contributed by atoms with Crippen molar-refractivity contribution in [2.45, 2.75) is 70.6 Å². The van der Waals surface area contributed by atoms with Crippen LogP contribution >= 0.6 is 0 Å². The number of carbonyl (C=O) groups is 2. The van der Waals surface area contributed by atoms with Gasteiger partial charge in [0, 0.05) is 30.4 Å². The van der Waals surface area contributed by atoms with E-state index in [1.165, 1.54) is 11.1 Å². The maximum Gasteiger partial charge on any atom is 0.415 e. The first-order chi connectivity index (χ1) is 16.7. The maximum absolute atomic E-state index is 14.6. The Morgan fingerprint density at radius 3 is 2.66 bits per heavy atom. The highest BCUT2D eigenvalue weighted by atomic mass is 19.1. The lowest BCUT2D eigenvalue weighted by atomic mass is 9.91. The summed E-state index contributed by atoms with van der Waals surface area (Å²) in [5.41, 5.74) is 0.0750. The Morgan fingerprint density at radius 1 is 1.20 bits per heavy atom. The summed E-state index contributed by atoms with van der Waals surface area (Å²) in [7, 11) is 0. The first-order valence-electron chi connectivity index (χ1n) is 11.9. The summed E-state index contributed by atoms with van der Waals surface area (Å²) >= 11 is 0. The van der Waals surface area contributed by atoms with Crippen LogP contribution in [0.5, 0.6) is 0 Å². The average Bonchev–Trinajstić information content (AvgIpc) is 2.81. The van der Waals surface area contributed by atoms with Gasteiger partial charge in [0.05, 0.1) is 12.8 Å². The number of hydrogen-bond acceptors (Lipinski definition) is 8. The number of nitrogens with one attached hydrogen (secondary N) is 2. The van der Waals surface area contributed by atoms with Gasteiger partial charge in [0.1, 0.15) is 17.1 Å². The van der Waals surface area contributed by atoms with Crippen LogP contribution in [0.15, 0.2) is 24.5 Å². The molecular weight excluding hydrogens is 455 g/mol. The van der Waals surface area contributed by atoms with Crippen molar-refractivity contribution in [2.75, 3.05) is 23.4 Å². The van der Waals surface area contributed by atoms with Crippen LogP contribution < -0.4 is 15.5 Å². The van der Waals surface area contributed by atoms with E-state index < -0.39 is 23.6 Å². The van der Waals surface area contributed by atoms with Crippen LogP contribution in [0, 0.1) is 5.82 Å². The highest BCUT2D eigenvalue weighted by Gasteiger charge is 2.26. The summed E-state index contributed by atoms with van der Waals surface area (Å²) in [6.45, 7) is 6.36. The molecule has 2 aromatic rings. The molecule has 2 amide bonds. The third kappa shape index (κ3) is 6.55. The number of cyclic esters (lactones) is 1. The van der Waals surface area contributed by atoms with E-state index in [0.29, 0.717) is 36.9 Å². The Hall–Kier alpha value is -3.50. The summed E-state index contributed by atoms with van der Waals surface area (Å²) in [6.07, 6.45) is 5.63. The molecule has 0 radical (unpaired) electrons. The molecule has 2 fully saturated rings. The number of pyridine rings is 1. The van der Waals surface area contributed by atoms with Crippen LogP contribution in [0.2, 0.25) is 0 Å². The van der Waals surface area contributed by atoms with E-state index in [1.807, 2.05) is 20.8 Å².